The van der Waals surface area contributed by atoms with Gasteiger partial charge in [-0.25, -0.2) is 4.85 Å². The molecular formula is C13H16N2. The normalized spacial score (nSPS) is 17.3. The average Bonchev–Trinajstić information content (AvgIpc) is 2.43. The van der Waals surface area contributed by atoms with Crippen molar-refractivity contribution >= 4 is 5.69 Å². The van der Waals surface area contributed by atoms with E-state index in [4.69, 9.17) is 6.57 Å². The van der Waals surface area contributed by atoms with E-state index < -0.39 is 0 Å². The van der Waals surface area contributed by atoms with Crippen LogP contribution in [0.25, 0.3) is 4.85 Å². The van der Waals surface area contributed by atoms with E-state index in [1.807, 2.05) is 6.92 Å². The van der Waals surface area contributed by atoms with E-state index >= 15 is 0 Å². The van der Waals surface area contributed by atoms with Crippen LogP contribution < -0.4 is 0 Å². The van der Waals surface area contributed by atoms with Gasteiger partial charge in [-0.3, -0.25) is 4.98 Å². The highest BCUT2D eigenvalue weighted by Crippen LogP contribution is 2.44. The molecular weight excluding hydrogens is 184 g/mol. The summed E-state index contributed by atoms with van der Waals surface area (Å²) in [5.41, 5.74) is 5.55. The fourth-order valence-electron chi connectivity index (χ4n) is 2.77. The quantitative estimate of drug-likeness (QED) is 0.586. The minimum Gasteiger partial charge on any atom is -0.270 e. The first-order valence-electron chi connectivity index (χ1n) is 5.35. The summed E-state index contributed by atoms with van der Waals surface area (Å²) in [6.45, 7) is 15.7. The number of pyridine rings is 1. The summed E-state index contributed by atoms with van der Waals surface area (Å²) in [5.74, 6) is 0. The summed E-state index contributed by atoms with van der Waals surface area (Å²) in [4.78, 5) is 8.13. The third-order valence-electron chi connectivity index (χ3n) is 3.42. The maximum absolute atomic E-state index is 7.24. The smallest absolute Gasteiger partial charge is 0.211 e. The number of aryl methyl sites for hydroxylation is 2. The van der Waals surface area contributed by atoms with Crippen molar-refractivity contribution < 1.29 is 0 Å². The topological polar surface area (TPSA) is 17.2 Å². The summed E-state index contributed by atoms with van der Waals surface area (Å²) in [6.07, 6.45) is 2.17. The lowest BCUT2D eigenvalue weighted by Crippen LogP contribution is -2.14. The number of nitrogens with zero attached hydrogens (tertiary/aromatic N) is 2. The van der Waals surface area contributed by atoms with Crippen molar-refractivity contribution in [1.29, 1.82) is 0 Å². The number of hydrogen-bond donors (Lipinski definition) is 0. The number of fused-ring (bicyclic) bond motifs is 1. The predicted molar refractivity (Wildman–Crippen MR) is 61.3 cm³/mol. The van der Waals surface area contributed by atoms with Gasteiger partial charge in [-0.1, -0.05) is 13.8 Å². The van der Waals surface area contributed by atoms with Crippen LogP contribution in [0.4, 0.5) is 5.69 Å². The minimum absolute atomic E-state index is 0.194. The molecule has 0 spiro atoms. The zero-order valence-electron chi connectivity index (χ0n) is 9.81. The molecule has 0 atom stereocenters. The van der Waals surface area contributed by atoms with Gasteiger partial charge in [0.2, 0.25) is 5.69 Å². The highest BCUT2D eigenvalue weighted by atomic mass is 14.8. The van der Waals surface area contributed by atoms with Gasteiger partial charge in [-0.2, -0.15) is 0 Å². The van der Waals surface area contributed by atoms with E-state index in [0.29, 0.717) is 0 Å². The zero-order valence-corrected chi connectivity index (χ0v) is 9.81. The number of rotatable bonds is 0. The molecule has 0 bridgehead atoms. The van der Waals surface area contributed by atoms with E-state index in [1.165, 1.54) is 11.1 Å². The standard InChI is InChI=1S/C13H16N2/c1-8-11-10(6-7-13(11,3)4)12(14-5)9(2)15-8/h6-7H2,1-4H3. The van der Waals surface area contributed by atoms with E-state index in [9.17, 15) is 0 Å². The molecule has 1 aliphatic carbocycles. The van der Waals surface area contributed by atoms with Gasteiger partial charge in [0.15, 0.2) is 0 Å². The molecule has 2 rings (SSSR count). The molecule has 0 aliphatic heterocycles. The number of hydrogen-bond acceptors (Lipinski definition) is 1. The van der Waals surface area contributed by atoms with Crippen LogP contribution in [0.1, 0.15) is 42.8 Å². The first-order valence-corrected chi connectivity index (χ1v) is 5.35. The Balaban J connectivity index is 2.79. The first-order chi connectivity index (χ1) is 6.97. The fraction of sp³-hybridized carbons (Fsp3) is 0.538. The van der Waals surface area contributed by atoms with Crippen LogP contribution >= 0.6 is 0 Å². The van der Waals surface area contributed by atoms with Gasteiger partial charge in [0.1, 0.15) is 0 Å². The van der Waals surface area contributed by atoms with E-state index in [-0.39, 0.29) is 5.41 Å². The molecule has 15 heavy (non-hydrogen) atoms. The summed E-state index contributed by atoms with van der Waals surface area (Å²) in [7, 11) is 0. The average molecular weight is 200 g/mol. The predicted octanol–water partition coefficient (Wildman–Crippen LogP) is 3.47. The lowest BCUT2D eigenvalue weighted by Gasteiger charge is -2.21. The monoisotopic (exact) mass is 200 g/mol. The van der Waals surface area contributed by atoms with E-state index in [2.05, 4.69) is 30.6 Å². The van der Waals surface area contributed by atoms with Crippen molar-refractivity contribution in [2.24, 2.45) is 0 Å². The largest absolute Gasteiger partial charge is 0.270 e. The van der Waals surface area contributed by atoms with Gasteiger partial charge in [0.05, 0.1) is 6.57 Å². The molecule has 1 aromatic rings. The Kier molecular flexibility index (Phi) is 2.08. The van der Waals surface area contributed by atoms with E-state index in [1.54, 1.807) is 0 Å². The second-order valence-electron chi connectivity index (χ2n) is 4.98. The van der Waals surface area contributed by atoms with Crippen molar-refractivity contribution in [1.82, 2.24) is 4.98 Å². The highest BCUT2D eigenvalue weighted by molar-refractivity contribution is 5.63. The fourth-order valence-corrected chi connectivity index (χ4v) is 2.77. The molecule has 2 heteroatoms. The van der Waals surface area contributed by atoms with Crippen LogP contribution in [0.2, 0.25) is 0 Å². The molecule has 0 fully saturated rings. The molecule has 0 saturated carbocycles. The summed E-state index contributed by atoms with van der Waals surface area (Å²) in [5, 5.41) is 0. The van der Waals surface area contributed by atoms with Gasteiger partial charge in [0.25, 0.3) is 0 Å². The van der Waals surface area contributed by atoms with Gasteiger partial charge in [-0.15, -0.1) is 0 Å². The molecule has 0 aromatic carbocycles. The van der Waals surface area contributed by atoms with Crippen LogP contribution in [0.5, 0.6) is 0 Å². The second kappa shape index (κ2) is 3.06. The number of aromatic nitrogens is 1. The Labute approximate surface area is 91.2 Å². The summed E-state index contributed by atoms with van der Waals surface area (Å²) in [6, 6.07) is 0. The van der Waals surface area contributed by atoms with Crippen molar-refractivity contribution in [3.63, 3.8) is 0 Å². The van der Waals surface area contributed by atoms with Crippen molar-refractivity contribution in [2.45, 2.75) is 46.0 Å². The molecule has 0 unspecified atom stereocenters. The first kappa shape index (κ1) is 10.2. The SMILES string of the molecule is [C-]#[N+]c1c(C)nc(C)c2c1CCC2(C)C. The minimum atomic E-state index is 0.194. The van der Waals surface area contributed by atoms with Crippen LogP contribution in [0.15, 0.2) is 0 Å². The van der Waals surface area contributed by atoms with Crippen molar-refractivity contribution in [3.8, 4) is 0 Å². The highest BCUT2D eigenvalue weighted by Gasteiger charge is 2.34. The van der Waals surface area contributed by atoms with Gasteiger partial charge in [-0.05, 0) is 43.2 Å². The molecule has 1 aliphatic rings. The third kappa shape index (κ3) is 1.34. The van der Waals surface area contributed by atoms with Crippen LogP contribution in [0, 0.1) is 20.4 Å². The second-order valence-corrected chi connectivity index (χ2v) is 4.98. The molecule has 78 valence electrons. The van der Waals surface area contributed by atoms with Gasteiger partial charge >= 0.3 is 0 Å². The lowest BCUT2D eigenvalue weighted by molar-refractivity contribution is 0.518. The molecule has 1 heterocycles. The molecule has 0 saturated heterocycles. The Bertz CT molecular complexity index is 464. The molecule has 0 N–H and O–H groups in total. The summed E-state index contributed by atoms with van der Waals surface area (Å²) >= 11 is 0. The Morgan fingerprint density at radius 2 is 1.93 bits per heavy atom. The maximum Gasteiger partial charge on any atom is 0.211 e. The Morgan fingerprint density at radius 1 is 1.27 bits per heavy atom. The molecule has 1 aromatic heterocycles. The van der Waals surface area contributed by atoms with Crippen molar-refractivity contribution in [3.05, 3.63) is 33.9 Å². The Morgan fingerprint density at radius 3 is 2.53 bits per heavy atom. The van der Waals surface area contributed by atoms with Gasteiger partial charge in [0, 0.05) is 11.4 Å². The van der Waals surface area contributed by atoms with Crippen molar-refractivity contribution in [2.75, 3.05) is 0 Å². The molecule has 2 nitrogen and oxygen atoms in total. The summed E-state index contributed by atoms with van der Waals surface area (Å²) < 4.78 is 0. The van der Waals surface area contributed by atoms with Crippen LogP contribution in [0.3, 0.4) is 0 Å². The molecule has 0 radical (unpaired) electrons. The van der Waals surface area contributed by atoms with Crippen LogP contribution in [-0.2, 0) is 11.8 Å². The lowest BCUT2D eigenvalue weighted by atomic mass is 9.85. The maximum atomic E-state index is 7.24. The van der Waals surface area contributed by atoms with Crippen LogP contribution in [-0.4, -0.2) is 4.98 Å². The zero-order chi connectivity index (χ0) is 11.2. The third-order valence-corrected chi connectivity index (χ3v) is 3.42. The van der Waals surface area contributed by atoms with E-state index in [0.717, 1.165) is 29.9 Å². The molecule has 0 amide bonds. The Hall–Kier alpha value is -1.36. The van der Waals surface area contributed by atoms with Gasteiger partial charge < -0.3 is 0 Å².